The second kappa shape index (κ2) is 5.12. The fraction of sp³-hybridized carbons (Fsp3) is 0.500. The summed E-state index contributed by atoms with van der Waals surface area (Å²) in [5, 5.41) is 0. The topological polar surface area (TPSA) is 9.23 Å². The Morgan fingerprint density at radius 2 is 1.79 bits per heavy atom. The molecule has 0 amide bonds. The molecule has 14 heavy (non-hydrogen) atoms. The minimum atomic E-state index is 0.210. The lowest BCUT2D eigenvalue weighted by Gasteiger charge is -2.17. The number of alkyl halides is 1. The maximum Gasteiger partial charge on any atom is 0.0716 e. The molecular formula is C12H17IO. The van der Waals surface area contributed by atoms with Crippen molar-refractivity contribution >= 4 is 22.6 Å². The average Bonchev–Trinajstić information content (AvgIpc) is 2.14. The van der Waals surface area contributed by atoms with Crippen molar-refractivity contribution in [2.24, 2.45) is 0 Å². The van der Waals surface area contributed by atoms with Crippen LogP contribution in [0, 0.1) is 0 Å². The van der Waals surface area contributed by atoms with E-state index in [9.17, 15) is 0 Å². The van der Waals surface area contributed by atoms with Gasteiger partial charge in [0.05, 0.1) is 6.61 Å². The molecule has 1 nitrogen and oxygen atoms in total. The maximum atomic E-state index is 5.34. The van der Waals surface area contributed by atoms with E-state index < -0.39 is 0 Å². The highest BCUT2D eigenvalue weighted by Gasteiger charge is 2.14. The third-order valence-corrected chi connectivity index (χ3v) is 2.74. The number of halogens is 1. The Bertz CT molecular complexity index is 271. The zero-order chi connectivity index (χ0) is 10.6. The van der Waals surface area contributed by atoms with E-state index in [0.29, 0.717) is 0 Å². The van der Waals surface area contributed by atoms with Gasteiger partial charge in [-0.05, 0) is 31.9 Å². The Labute approximate surface area is 100.0 Å². The molecule has 1 aromatic rings. The summed E-state index contributed by atoms with van der Waals surface area (Å²) in [6, 6.07) is 8.65. The summed E-state index contributed by atoms with van der Waals surface area (Å²) >= 11 is 2.45. The van der Waals surface area contributed by atoms with Crippen LogP contribution >= 0.6 is 22.6 Å². The highest BCUT2D eigenvalue weighted by atomic mass is 127. The molecule has 0 atom stereocenters. The van der Waals surface area contributed by atoms with Crippen molar-refractivity contribution in [3.05, 3.63) is 35.4 Å². The first kappa shape index (κ1) is 12.0. The molecule has 0 aliphatic heterocycles. The lowest BCUT2D eigenvalue weighted by molar-refractivity contribution is 0.134. The van der Waals surface area contributed by atoms with E-state index >= 15 is 0 Å². The standard InChI is InChI=1S/C12H17IO/c1-4-14-9-10-5-7-11(8-6-10)12(2,3)13/h5-8H,4,9H2,1-3H3. The third-order valence-electron chi connectivity index (χ3n) is 2.11. The molecule has 0 spiro atoms. The molecule has 0 heterocycles. The minimum Gasteiger partial charge on any atom is -0.377 e. The summed E-state index contributed by atoms with van der Waals surface area (Å²) in [4.78, 5) is 0. The third kappa shape index (κ3) is 3.58. The molecule has 0 aliphatic rings. The number of ether oxygens (including phenoxy) is 1. The number of hydrogen-bond donors (Lipinski definition) is 0. The first-order chi connectivity index (χ1) is 6.54. The summed E-state index contributed by atoms with van der Waals surface area (Å²) in [7, 11) is 0. The fourth-order valence-corrected chi connectivity index (χ4v) is 1.58. The van der Waals surface area contributed by atoms with E-state index in [4.69, 9.17) is 4.74 Å². The van der Waals surface area contributed by atoms with Crippen LogP contribution in [0.5, 0.6) is 0 Å². The lowest BCUT2D eigenvalue weighted by atomic mass is 10.0. The smallest absolute Gasteiger partial charge is 0.0716 e. The first-order valence-electron chi connectivity index (χ1n) is 4.90. The summed E-state index contributed by atoms with van der Waals surface area (Å²) < 4.78 is 5.55. The Hall–Kier alpha value is -0.0900. The van der Waals surface area contributed by atoms with Gasteiger partial charge in [-0.2, -0.15) is 0 Å². The zero-order valence-corrected chi connectivity index (χ0v) is 11.2. The van der Waals surface area contributed by atoms with Gasteiger partial charge in [0, 0.05) is 10.0 Å². The molecular weight excluding hydrogens is 287 g/mol. The quantitative estimate of drug-likeness (QED) is 0.605. The predicted molar refractivity (Wildman–Crippen MR) is 68.8 cm³/mol. The molecule has 1 rings (SSSR count). The van der Waals surface area contributed by atoms with Gasteiger partial charge < -0.3 is 4.74 Å². The molecule has 1 aromatic carbocycles. The van der Waals surface area contributed by atoms with Crippen LogP contribution in [0.1, 0.15) is 31.9 Å². The van der Waals surface area contributed by atoms with Crippen molar-refractivity contribution < 1.29 is 4.74 Å². The van der Waals surface area contributed by atoms with Gasteiger partial charge in [-0.3, -0.25) is 0 Å². The van der Waals surface area contributed by atoms with Gasteiger partial charge in [-0.1, -0.05) is 46.9 Å². The highest BCUT2D eigenvalue weighted by molar-refractivity contribution is 14.1. The van der Waals surface area contributed by atoms with E-state index in [0.717, 1.165) is 13.2 Å². The summed E-state index contributed by atoms with van der Waals surface area (Å²) in [5.74, 6) is 0. The predicted octanol–water partition coefficient (Wildman–Crippen LogP) is 3.89. The average molecular weight is 304 g/mol. The van der Waals surface area contributed by atoms with Crippen LogP contribution < -0.4 is 0 Å². The normalized spacial score (nSPS) is 11.7. The van der Waals surface area contributed by atoms with E-state index in [1.807, 2.05) is 6.92 Å². The van der Waals surface area contributed by atoms with Crippen LogP contribution in [-0.4, -0.2) is 6.61 Å². The Balaban J connectivity index is 2.69. The van der Waals surface area contributed by atoms with Gasteiger partial charge in [-0.15, -0.1) is 0 Å². The molecule has 78 valence electrons. The molecule has 2 heteroatoms. The number of benzene rings is 1. The molecule has 0 saturated heterocycles. The van der Waals surface area contributed by atoms with E-state index in [2.05, 4.69) is 60.7 Å². The summed E-state index contributed by atoms with van der Waals surface area (Å²) in [6.07, 6.45) is 0. The second-order valence-electron chi connectivity index (χ2n) is 3.81. The summed E-state index contributed by atoms with van der Waals surface area (Å²) in [5.41, 5.74) is 2.61. The van der Waals surface area contributed by atoms with E-state index in [1.165, 1.54) is 11.1 Å². The van der Waals surface area contributed by atoms with Crippen molar-refractivity contribution in [3.8, 4) is 0 Å². The molecule has 0 saturated carbocycles. The molecule has 0 aliphatic carbocycles. The summed E-state index contributed by atoms with van der Waals surface area (Å²) in [6.45, 7) is 7.94. The van der Waals surface area contributed by atoms with E-state index in [-0.39, 0.29) is 3.42 Å². The van der Waals surface area contributed by atoms with Crippen molar-refractivity contribution in [1.82, 2.24) is 0 Å². The largest absolute Gasteiger partial charge is 0.377 e. The second-order valence-corrected chi connectivity index (χ2v) is 6.50. The van der Waals surface area contributed by atoms with Gasteiger partial charge >= 0.3 is 0 Å². The van der Waals surface area contributed by atoms with Gasteiger partial charge in [0.1, 0.15) is 0 Å². The van der Waals surface area contributed by atoms with Gasteiger partial charge in [-0.25, -0.2) is 0 Å². The molecule has 0 aromatic heterocycles. The van der Waals surface area contributed by atoms with Crippen molar-refractivity contribution in [2.45, 2.75) is 30.8 Å². The Morgan fingerprint density at radius 1 is 1.21 bits per heavy atom. The SMILES string of the molecule is CCOCc1ccc(C(C)(C)I)cc1. The van der Waals surface area contributed by atoms with Crippen LogP contribution in [0.4, 0.5) is 0 Å². The van der Waals surface area contributed by atoms with Crippen LogP contribution in [0.25, 0.3) is 0 Å². The monoisotopic (exact) mass is 304 g/mol. The van der Waals surface area contributed by atoms with Crippen molar-refractivity contribution in [3.63, 3.8) is 0 Å². The van der Waals surface area contributed by atoms with Crippen LogP contribution in [0.15, 0.2) is 24.3 Å². The van der Waals surface area contributed by atoms with Gasteiger partial charge in [0.25, 0.3) is 0 Å². The molecule has 0 N–H and O–H groups in total. The first-order valence-corrected chi connectivity index (χ1v) is 5.98. The Kier molecular flexibility index (Phi) is 4.38. The highest BCUT2D eigenvalue weighted by Crippen LogP contribution is 2.30. The molecule has 0 radical (unpaired) electrons. The van der Waals surface area contributed by atoms with E-state index in [1.54, 1.807) is 0 Å². The van der Waals surface area contributed by atoms with Crippen LogP contribution in [0.3, 0.4) is 0 Å². The van der Waals surface area contributed by atoms with Crippen LogP contribution in [-0.2, 0) is 14.8 Å². The number of rotatable bonds is 4. The van der Waals surface area contributed by atoms with Gasteiger partial charge in [0.15, 0.2) is 0 Å². The number of hydrogen-bond acceptors (Lipinski definition) is 1. The Morgan fingerprint density at radius 3 is 2.21 bits per heavy atom. The van der Waals surface area contributed by atoms with Crippen molar-refractivity contribution in [1.29, 1.82) is 0 Å². The maximum absolute atomic E-state index is 5.34. The molecule has 0 bridgehead atoms. The zero-order valence-electron chi connectivity index (χ0n) is 9.01. The minimum absolute atomic E-state index is 0.210. The van der Waals surface area contributed by atoms with Gasteiger partial charge in [0.2, 0.25) is 0 Å². The fourth-order valence-electron chi connectivity index (χ4n) is 1.22. The molecule has 0 fully saturated rings. The van der Waals surface area contributed by atoms with Crippen LogP contribution in [0.2, 0.25) is 0 Å². The molecule has 0 unspecified atom stereocenters. The lowest BCUT2D eigenvalue weighted by Crippen LogP contribution is -2.06. The van der Waals surface area contributed by atoms with Crippen molar-refractivity contribution in [2.75, 3.05) is 6.61 Å².